The Morgan fingerprint density at radius 1 is 1.00 bits per heavy atom. The maximum absolute atomic E-state index is 12.9. The van der Waals surface area contributed by atoms with Gasteiger partial charge in [0.1, 0.15) is 0 Å². The van der Waals surface area contributed by atoms with Crippen molar-refractivity contribution < 1.29 is 9.53 Å². The highest BCUT2D eigenvalue weighted by Gasteiger charge is 2.20. The summed E-state index contributed by atoms with van der Waals surface area (Å²) in [5.74, 6) is -0.204. The molecule has 0 aromatic heterocycles. The minimum Gasteiger partial charge on any atom is -0.378 e. The molecule has 0 radical (unpaired) electrons. The number of ether oxygens (including phenoxy) is 1. The molecule has 0 spiro atoms. The van der Waals surface area contributed by atoms with E-state index >= 15 is 0 Å². The third kappa shape index (κ3) is 3.95. The van der Waals surface area contributed by atoms with Gasteiger partial charge in [0.05, 0.1) is 36.2 Å². The molecule has 0 atom stereocenters. The molecule has 1 amide bonds. The Labute approximate surface area is 165 Å². The number of anilines is 3. The van der Waals surface area contributed by atoms with Gasteiger partial charge >= 0.3 is 0 Å². The van der Waals surface area contributed by atoms with E-state index in [0.717, 1.165) is 43.2 Å². The molecule has 4 rings (SSSR count). The van der Waals surface area contributed by atoms with Gasteiger partial charge in [0.25, 0.3) is 5.91 Å². The Morgan fingerprint density at radius 3 is 2.54 bits per heavy atom. The smallest absolute Gasteiger partial charge is 0.255 e. The number of morpholine rings is 1. The summed E-state index contributed by atoms with van der Waals surface area (Å²) in [7, 11) is 0. The molecule has 28 heavy (non-hydrogen) atoms. The van der Waals surface area contributed by atoms with Crippen LogP contribution in [0.1, 0.15) is 28.8 Å². The molecule has 6 heteroatoms. The topological polar surface area (TPSA) is 68.6 Å². The molecule has 6 nitrogen and oxygen atoms in total. The zero-order valence-corrected chi connectivity index (χ0v) is 15.9. The van der Waals surface area contributed by atoms with Crippen LogP contribution >= 0.6 is 0 Å². The zero-order chi connectivity index (χ0) is 19.3. The molecule has 0 aliphatic carbocycles. The number of rotatable bonds is 4. The maximum atomic E-state index is 12.9. The van der Waals surface area contributed by atoms with E-state index in [-0.39, 0.29) is 5.91 Å². The fourth-order valence-corrected chi connectivity index (χ4v) is 3.80. The second-order valence-corrected chi connectivity index (χ2v) is 7.14. The molecular weight excluding hydrogens is 352 g/mol. The lowest BCUT2D eigenvalue weighted by Crippen LogP contribution is -2.36. The fourth-order valence-electron chi connectivity index (χ4n) is 3.80. The molecule has 2 heterocycles. The van der Waals surface area contributed by atoms with E-state index in [1.54, 1.807) is 24.3 Å². The van der Waals surface area contributed by atoms with Crippen LogP contribution in [0.25, 0.3) is 0 Å². The first-order valence-corrected chi connectivity index (χ1v) is 9.78. The first-order chi connectivity index (χ1) is 13.7. The predicted octanol–water partition coefficient (Wildman–Crippen LogP) is 3.25. The number of hydrogen-bond acceptors (Lipinski definition) is 5. The summed E-state index contributed by atoms with van der Waals surface area (Å²) in [6.07, 6.45) is 2.40. The maximum Gasteiger partial charge on any atom is 0.255 e. The van der Waals surface area contributed by atoms with E-state index in [0.29, 0.717) is 24.3 Å². The quantitative estimate of drug-likeness (QED) is 0.887. The molecule has 2 fully saturated rings. The SMILES string of the molecule is N#Cc1cccc(C(=O)Nc2cc(N3CCCC3)ccc2N2CCOCC2)c1. The molecule has 0 saturated carbocycles. The number of carbonyl (C=O) groups excluding carboxylic acids is 1. The summed E-state index contributed by atoms with van der Waals surface area (Å²) in [6.45, 7) is 5.08. The van der Waals surface area contributed by atoms with Crippen LogP contribution in [-0.2, 0) is 4.74 Å². The summed E-state index contributed by atoms with van der Waals surface area (Å²) in [5, 5.41) is 12.2. The Hall–Kier alpha value is -3.04. The highest BCUT2D eigenvalue weighted by Crippen LogP contribution is 2.33. The van der Waals surface area contributed by atoms with Crippen LogP contribution in [0.3, 0.4) is 0 Å². The summed E-state index contributed by atoms with van der Waals surface area (Å²) >= 11 is 0. The summed E-state index contributed by atoms with van der Waals surface area (Å²) < 4.78 is 5.47. The lowest BCUT2D eigenvalue weighted by molar-refractivity contribution is 0.102. The van der Waals surface area contributed by atoms with Gasteiger partial charge in [0.2, 0.25) is 0 Å². The molecule has 2 aromatic rings. The lowest BCUT2D eigenvalue weighted by atomic mass is 10.1. The molecule has 2 aliphatic heterocycles. The van der Waals surface area contributed by atoms with Crippen molar-refractivity contribution in [1.82, 2.24) is 0 Å². The largest absolute Gasteiger partial charge is 0.378 e. The number of nitriles is 1. The molecule has 2 saturated heterocycles. The molecular formula is C22H24N4O2. The van der Waals surface area contributed by atoms with Crippen LogP contribution in [0.5, 0.6) is 0 Å². The zero-order valence-electron chi connectivity index (χ0n) is 15.9. The van der Waals surface area contributed by atoms with Crippen molar-refractivity contribution in [3.05, 3.63) is 53.6 Å². The Balaban J connectivity index is 1.64. The highest BCUT2D eigenvalue weighted by atomic mass is 16.5. The first kappa shape index (κ1) is 18.3. The monoisotopic (exact) mass is 376 g/mol. The third-order valence-electron chi connectivity index (χ3n) is 5.31. The number of hydrogen-bond donors (Lipinski definition) is 1. The van der Waals surface area contributed by atoms with Gasteiger partial charge in [-0.1, -0.05) is 6.07 Å². The molecule has 0 unspecified atom stereocenters. The summed E-state index contributed by atoms with van der Waals surface area (Å²) in [4.78, 5) is 17.5. The van der Waals surface area contributed by atoms with Crippen molar-refractivity contribution in [3.8, 4) is 6.07 Å². The van der Waals surface area contributed by atoms with Crippen LogP contribution in [0.15, 0.2) is 42.5 Å². The number of nitrogens with zero attached hydrogens (tertiary/aromatic N) is 3. The predicted molar refractivity (Wildman–Crippen MR) is 110 cm³/mol. The molecule has 1 N–H and O–H groups in total. The fraction of sp³-hybridized carbons (Fsp3) is 0.364. The van der Waals surface area contributed by atoms with Crippen LogP contribution < -0.4 is 15.1 Å². The van der Waals surface area contributed by atoms with Gasteiger partial charge in [0.15, 0.2) is 0 Å². The standard InChI is InChI=1S/C22H24N4O2/c23-16-17-4-3-5-18(14-17)22(27)24-20-15-19(25-8-1-2-9-25)6-7-21(20)26-10-12-28-13-11-26/h3-7,14-15H,1-2,8-13H2,(H,24,27). The number of carbonyl (C=O) groups is 1. The average Bonchev–Trinajstić information content (AvgIpc) is 3.29. The van der Waals surface area contributed by atoms with E-state index in [1.165, 1.54) is 12.8 Å². The van der Waals surface area contributed by atoms with Gasteiger partial charge in [0, 0.05) is 37.4 Å². The Bertz CT molecular complexity index is 894. The van der Waals surface area contributed by atoms with Crippen molar-refractivity contribution >= 4 is 23.0 Å². The highest BCUT2D eigenvalue weighted by molar-refractivity contribution is 6.06. The van der Waals surface area contributed by atoms with Crippen LogP contribution in [0.4, 0.5) is 17.1 Å². The second-order valence-electron chi connectivity index (χ2n) is 7.14. The number of benzene rings is 2. The summed E-state index contributed by atoms with van der Waals surface area (Å²) in [6, 6.07) is 15.2. The number of nitrogens with one attached hydrogen (secondary N) is 1. The van der Waals surface area contributed by atoms with Crippen LogP contribution in [0, 0.1) is 11.3 Å². The van der Waals surface area contributed by atoms with E-state index in [4.69, 9.17) is 10.00 Å². The molecule has 0 bridgehead atoms. The minimum atomic E-state index is -0.204. The van der Waals surface area contributed by atoms with Gasteiger partial charge in [-0.25, -0.2) is 0 Å². The van der Waals surface area contributed by atoms with E-state index in [9.17, 15) is 4.79 Å². The first-order valence-electron chi connectivity index (χ1n) is 9.78. The molecule has 144 valence electrons. The Morgan fingerprint density at radius 2 is 1.79 bits per heavy atom. The molecule has 2 aromatic carbocycles. The number of amides is 1. The van der Waals surface area contributed by atoms with Crippen LogP contribution in [-0.4, -0.2) is 45.3 Å². The lowest BCUT2D eigenvalue weighted by Gasteiger charge is -2.31. The second kappa shape index (κ2) is 8.32. The minimum absolute atomic E-state index is 0.204. The van der Waals surface area contributed by atoms with Crippen molar-refractivity contribution in [2.45, 2.75) is 12.8 Å². The Kier molecular flexibility index (Phi) is 5.45. The van der Waals surface area contributed by atoms with Gasteiger partial charge < -0.3 is 19.9 Å². The average molecular weight is 376 g/mol. The van der Waals surface area contributed by atoms with Crippen molar-refractivity contribution in [3.63, 3.8) is 0 Å². The van der Waals surface area contributed by atoms with Crippen molar-refractivity contribution in [2.75, 3.05) is 54.5 Å². The van der Waals surface area contributed by atoms with Crippen molar-refractivity contribution in [2.24, 2.45) is 0 Å². The van der Waals surface area contributed by atoms with Gasteiger partial charge in [-0.15, -0.1) is 0 Å². The normalized spacial score (nSPS) is 16.7. The van der Waals surface area contributed by atoms with Gasteiger partial charge in [-0.05, 0) is 49.2 Å². The third-order valence-corrected chi connectivity index (χ3v) is 5.31. The summed E-state index contributed by atoms with van der Waals surface area (Å²) in [5.41, 5.74) is 3.91. The van der Waals surface area contributed by atoms with Gasteiger partial charge in [-0.2, -0.15) is 5.26 Å². The molecule has 2 aliphatic rings. The van der Waals surface area contributed by atoms with Crippen LogP contribution in [0.2, 0.25) is 0 Å². The van der Waals surface area contributed by atoms with E-state index in [2.05, 4.69) is 39.4 Å². The van der Waals surface area contributed by atoms with Crippen molar-refractivity contribution in [1.29, 1.82) is 5.26 Å². The van der Waals surface area contributed by atoms with E-state index < -0.39 is 0 Å². The van der Waals surface area contributed by atoms with Gasteiger partial charge in [-0.3, -0.25) is 4.79 Å². The van der Waals surface area contributed by atoms with E-state index in [1.807, 2.05) is 0 Å².